The Kier molecular flexibility index (Phi) is 7.91. The molecule has 3 nitrogen and oxygen atoms in total. The fourth-order valence-corrected chi connectivity index (χ4v) is 9.91. The number of hydrogen-bond donors (Lipinski definition) is 0. The van der Waals surface area contributed by atoms with Crippen LogP contribution in [-0.4, -0.2) is 4.57 Å². The topological polar surface area (TPSA) is 21.3 Å². The van der Waals surface area contributed by atoms with Gasteiger partial charge in [0.1, 0.15) is 11.2 Å². The highest BCUT2D eigenvalue weighted by molar-refractivity contribution is 6.16. The van der Waals surface area contributed by atoms with Crippen LogP contribution in [0.5, 0.6) is 0 Å². The summed E-state index contributed by atoms with van der Waals surface area (Å²) in [5.74, 6) is 0. The van der Waals surface area contributed by atoms with Gasteiger partial charge in [-0.15, -0.1) is 0 Å². The third kappa shape index (κ3) is 5.75. The van der Waals surface area contributed by atoms with Gasteiger partial charge in [0.15, 0.2) is 0 Å². The predicted octanol–water partition coefficient (Wildman–Crippen LogP) is 16.9. The standard InChI is InChI=1S/C60H38N2O/c1-3-17-50-40(11-1)23-24-42-25-26-45(37-55(42)50)44-14-10-15-47(36-44)61(49-32-34-59-56(38-49)54-33-29-41-12-2-4-18-51(41)60(54)63-59)46-30-27-39(28-31-46)43-13-9-16-48(35-43)62-57-21-7-5-19-52(57)53-20-6-8-22-58(53)62/h1-38H. The molecule has 0 unspecified atom stereocenters. The van der Waals surface area contributed by atoms with Crippen LogP contribution in [0.25, 0.3) is 104 Å². The van der Waals surface area contributed by atoms with Gasteiger partial charge in [0.25, 0.3) is 0 Å². The molecule has 2 heterocycles. The van der Waals surface area contributed by atoms with Gasteiger partial charge in [0.05, 0.1) is 11.0 Å². The van der Waals surface area contributed by atoms with Gasteiger partial charge in [-0.3, -0.25) is 0 Å². The number of benzene rings is 11. The Bertz CT molecular complexity index is 3870. The smallest absolute Gasteiger partial charge is 0.143 e. The van der Waals surface area contributed by atoms with Gasteiger partial charge in [-0.25, -0.2) is 0 Å². The molecular weight excluding hydrogens is 765 g/mol. The first kappa shape index (κ1) is 35.4. The zero-order valence-electron chi connectivity index (χ0n) is 34.2. The summed E-state index contributed by atoms with van der Waals surface area (Å²) >= 11 is 0. The fraction of sp³-hybridized carbons (Fsp3) is 0. The number of para-hydroxylation sites is 2. The molecule has 0 aliphatic carbocycles. The zero-order valence-corrected chi connectivity index (χ0v) is 34.2. The normalized spacial score (nSPS) is 11.8. The average molecular weight is 803 g/mol. The van der Waals surface area contributed by atoms with Gasteiger partial charge in [0, 0.05) is 49.7 Å². The van der Waals surface area contributed by atoms with E-state index in [0.29, 0.717) is 0 Å². The van der Waals surface area contributed by atoms with E-state index in [1.807, 2.05) is 0 Å². The lowest BCUT2D eigenvalue weighted by molar-refractivity contribution is 0.672. The summed E-state index contributed by atoms with van der Waals surface area (Å²) < 4.78 is 8.97. The van der Waals surface area contributed by atoms with Gasteiger partial charge in [-0.05, 0) is 128 Å². The van der Waals surface area contributed by atoms with E-state index in [2.05, 4.69) is 240 Å². The minimum atomic E-state index is 0.876. The van der Waals surface area contributed by atoms with Crippen LogP contribution in [0.3, 0.4) is 0 Å². The van der Waals surface area contributed by atoms with Crippen LogP contribution < -0.4 is 4.90 Å². The van der Waals surface area contributed by atoms with Crippen molar-refractivity contribution in [3.05, 3.63) is 231 Å². The molecule has 13 aromatic rings. The Labute approximate surface area is 363 Å². The lowest BCUT2D eigenvalue weighted by Crippen LogP contribution is -2.10. The molecule has 0 saturated heterocycles. The Morgan fingerprint density at radius 1 is 0.302 bits per heavy atom. The van der Waals surface area contributed by atoms with Crippen LogP contribution >= 0.6 is 0 Å². The van der Waals surface area contributed by atoms with E-state index in [9.17, 15) is 0 Å². The summed E-state index contributed by atoms with van der Waals surface area (Å²) in [4.78, 5) is 2.37. The maximum absolute atomic E-state index is 6.58. The summed E-state index contributed by atoms with van der Waals surface area (Å²) in [6, 6.07) is 83.6. The number of nitrogens with zero attached hydrogens (tertiary/aromatic N) is 2. The number of anilines is 3. The Morgan fingerprint density at radius 2 is 0.857 bits per heavy atom. The van der Waals surface area contributed by atoms with E-state index in [1.54, 1.807) is 0 Å². The van der Waals surface area contributed by atoms with Crippen molar-refractivity contribution in [1.29, 1.82) is 0 Å². The predicted molar refractivity (Wildman–Crippen MR) is 266 cm³/mol. The second-order valence-electron chi connectivity index (χ2n) is 16.5. The monoisotopic (exact) mass is 802 g/mol. The van der Waals surface area contributed by atoms with Crippen LogP contribution in [0.2, 0.25) is 0 Å². The van der Waals surface area contributed by atoms with E-state index >= 15 is 0 Å². The molecule has 0 aliphatic rings. The molecule has 0 aliphatic heterocycles. The number of hydrogen-bond acceptors (Lipinski definition) is 2. The molecule has 0 amide bonds. The minimum absolute atomic E-state index is 0.876. The van der Waals surface area contributed by atoms with E-state index in [0.717, 1.165) is 66.8 Å². The Morgan fingerprint density at radius 3 is 1.63 bits per heavy atom. The van der Waals surface area contributed by atoms with Crippen molar-refractivity contribution in [3.63, 3.8) is 0 Å². The van der Waals surface area contributed by atoms with Crippen molar-refractivity contribution in [1.82, 2.24) is 4.57 Å². The first-order valence-electron chi connectivity index (χ1n) is 21.6. The van der Waals surface area contributed by atoms with Crippen LogP contribution in [0.15, 0.2) is 235 Å². The second-order valence-corrected chi connectivity index (χ2v) is 16.5. The molecule has 0 radical (unpaired) electrons. The van der Waals surface area contributed by atoms with Gasteiger partial charge in [-0.1, -0.05) is 152 Å². The largest absolute Gasteiger partial charge is 0.455 e. The summed E-state index contributed by atoms with van der Waals surface area (Å²) in [5.41, 5.74) is 13.2. The molecule has 63 heavy (non-hydrogen) atoms. The average Bonchev–Trinajstić information content (AvgIpc) is 3.90. The summed E-state index contributed by atoms with van der Waals surface area (Å²) in [6.45, 7) is 0. The van der Waals surface area contributed by atoms with Gasteiger partial charge in [-0.2, -0.15) is 0 Å². The van der Waals surface area contributed by atoms with Crippen LogP contribution in [0.1, 0.15) is 0 Å². The lowest BCUT2D eigenvalue weighted by atomic mass is 9.97. The molecule has 0 atom stereocenters. The third-order valence-electron chi connectivity index (χ3n) is 12.9. The molecule has 0 bridgehead atoms. The fourth-order valence-electron chi connectivity index (χ4n) is 9.91. The highest BCUT2D eigenvalue weighted by Crippen LogP contribution is 2.42. The summed E-state index contributed by atoms with van der Waals surface area (Å²) in [7, 11) is 0. The van der Waals surface area contributed by atoms with E-state index in [4.69, 9.17) is 4.42 Å². The van der Waals surface area contributed by atoms with Gasteiger partial charge in [0.2, 0.25) is 0 Å². The van der Waals surface area contributed by atoms with Crippen LogP contribution in [0.4, 0.5) is 17.1 Å². The minimum Gasteiger partial charge on any atom is -0.455 e. The lowest BCUT2D eigenvalue weighted by Gasteiger charge is -2.26. The second kappa shape index (κ2) is 14.1. The van der Waals surface area contributed by atoms with Crippen LogP contribution in [0, 0.1) is 0 Å². The SMILES string of the molecule is c1cc(-c2ccc3ccc4ccccc4c3c2)cc(N(c2ccc(-c3cccc(-n4c5ccccc5c5ccccc54)c3)cc2)c2ccc3oc4c5ccccc5ccc4c3c2)c1. The first-order chi connectivity index (χ1) is 31.2. The summed E-state index contributed by atoms with van der Waals surface area (Å²) in [6.07, 6.45) is 0. The molecule has 0 N–H and O–H groups in total. The van der Waals surface area contributed by atoms with Crippen molar-refractivity contribution in [3.8, 4) is 27.9 Å². The number of aromatic nitrogens is 1. The van der Waals surface area contributed by atoms with E-state index in [-0.39, 0.29) is 0 Å². The molecule has 2 aromatic heterocycles. The van der Waals surface area contributed by atoms with Crippen molar-refractivity contribution in [2.75, 3.05) is 4.90 Å². The molecule has 0 fully saturated rings. The van der Waals surface area contributed by atoms with Crippen molar-refractivity contribution in [2.24, 2.45) is 0 Å². The molecule has 0 spiro atoms. The Hall–Kier alpha value is -8.40. The molecule has 294 valence electrons. The maximum atomic E-state index is 6.58. The van der Waals surface area contributed by atoms with Crippen molar-refractivity contribution in [2.45, 2.75) is 0 Å². The highest BCUT2D eigenvalue weighted by atomic mass is 16.3. The van der Waals surface area contributed by atoms with E-state index in [1.165, 1.54) is 54.3 Å². The molecule has 3 heteroatoms. The summed E-state index contributed by atoms with van der Waals surface area (Å²) in [5, 5.41) is 12.0. The third-order valence-corrected chi connectivity index (χ3v) is 12.9. The van der Waals surface area contributed by atoms with Crippen LogP contribution in [-0.2, 0) is 0 Å². The maximum Gasteiger partial charge on any atom is 0.143 e. The first-order valence-corrected chi connectivity index (χ1v) is 21.6. The molecule has 0 saturated carbocycles. The number of rotatable bonds is 6. The van der Waals surface area contributed by atoms with Gasteiger partial charge >= 0.3 is 0 Å². The number of fused-ring (bicyclic) bond motifs is 11. The Balaban J connectivity index is 0.943. The van der Waals surface area contributed by atoms with Gasteiger partial charge < -0.3 is 13.9 Å². The van der Waals surface area contributed by atoms with Crippen molar-refractivity contribution < 1.29 is 4.42 Å². The van der Waals surface area contributed by atoms with Crippen molar-refractivity contribution >= 4 is 93.1 Å². The number of furan rings is 1. The highest BCUT2D eigenvalue weighted by Gasteiger charge is 2.18. The quantitative estimate of drug-likeness (QED) is 0.156. The molecule has 11 aromatic carbocycles. The molecule has 13 rings (SSSR count). The zero-order chi connectivity index (χ0) is 41.4. The molecular formula is C60H38N2O. The van der Waals surface area contributed by atoms with E-state index < -0.39 is 0 Å².